The van der Waals surface area contributed by atoms with Crippen molar-refractivity contribution in [3.63, 3.8) is 0 Å². The van der Waals surface area contributed by atoms with Gasteiger partial charge in [-0.25, -0.2) is 0 Å². The van der Waals surface area contributed by atoms with Crippen LogP contribution in [0, 0.1) is 13.8 Å². The molecule has 0 spiro atoms. The molecule has 3 rings (SSSR count). The number of nitrogens with zero attached hydrogens (tertiary/aromatic N) is 2. The van der Waals surface area contributed by atoms with E-state index in [4.69, 9.17) is 4.74 Å². The Bertz CT molecular complexity index is 878. The number of rotatable bonds is 5. The Labute approximate surface area is 157 Å². The van der Waals surface area contributed by atoms with E-state index in [0.29, 0.717) is 6.54 Å². The van der Waals surface area contributed by atoms with E-state index >= 15 is 0 Å². The first-order valence-electron chi connectivity index (χ1n) is 8.16. The first-order chi connectivity index (χ1) is 12.1. The van der Waals surface area contributed by atoms with Crippen LogP contribution in [0.15, 0.2) is 64.1 Å². The molecule has 0 aliphatic carbocycles. The highest BCUT2D eigenvalue weighted by atomic mass is 79.9. The zero-order valence-electron chi connectivity index (χ0n) is 14.7. The van der Waals surface area contributed by atoms with Crippen LogP contribution >= 0.6 is 15.9 Å². The number of halogens is 1. The van der Waals surface area contributed by atoms with Gasteiger partial charge in [-0.15, -0.1) is 0 Å². The molecule has 0 unspecified atom stereocenters. The highest BCUT2D eigenvalue weighted by Crippen LogP contribution is 2.21. The zero-order valence-corrected chi connectivity index (χ0v) is 16.2. The lowest BCUT2D eigenvalue weighted by molar-refractivity contribution is 0.414. The fourth-order valence-electron chi connectivity index (χ4n) is 2.89. The van der Waals surface area contributed by atoms with Gasteiger partial charge in [-0.3, -0.25) is 4.99 Å². The number of hydrogen-bond donors (Lipinski definition) is 0. The van der Waals surface area contributed by atoms with Crippen LogP contribution in [-0.4, -0.2) is 17.9 Å². The highest BCUT2D eigenvalue weighted by Gasteiger charge is 2.09. The molecule has 0 bridgehead atoms. The third-order valence-electron chi connectivity index (χ3n) is 4.22. The predicted molar refractivity (Wildman–Crippen MR) is 107 cm³/mol. The normalized spacial score (nSPS) is 11.2. The minimum Gasteiger partial charge on any atom is -0.497 e. The van der Waals surface area contributed by atoms with E-state index in [9.17, 15) is 0 Å². The molecule has 0 atom stereocenters. The zero-order chi connectivity index (χ0) is 17.8. The molecule has 4 heteroatoms. The Morgan fingerprint density at radius 2 is 1.72 bits per heavy atom. The second-order valence-electron chi connectivity index (χ2n) is 5.96. The van der Waals surface area contributed by atoms with Crippen LogP contribution < -0.4 is 4.74 Å². The summed E-state index contributed by atoms with van der Waals surface area (Å²) in [6.45, 7) is 4.91. The maximum absolute atomic E-state index is 5.18. The number of hydrogen-bond acceptors (Lipinski definition) is 2. The van der Waals surface area contributed by atoms with E-state index in [1.165, 1.54) is 17.0 Å². The summed E-state index contributed by atoms with van der Waals surface area (Å²) in [5.41, 5.74) is 5.87. The molecule has 0 aliphatic rings. The van der Waals surface area contributed by atoms with Crippen LogP contribution in [0.25, 0.3) is 5.69 Å². The molecule has 0 saturated carbocycles. The van der Waals surface area contributed by atoms with Crippen molar-refractivity contribution in [2.24, 2.45) is 4.99 Å². The van der Waals surface area contributed by atoms with Crippen LogP contribution in [0.4, 0.5) is 0 Å². The number of benzene rings is 2. The molecule has 25 heavy (non-hydrogen) atoms. The van der Waals surface area contributed by atoms with Crippen molar-refractivity contribution in [1.82, 2.24) is 4.57 Å². The first-order valence-corrected chi connectivity index (χ1v) is 8.95. The molecule has 2 aromatic carbocycles. The predicted octanol–water partition coefficient (Wildman–Crippen LogP) is 5.48. The van der Waals surface area contributed by atoms with E-state index in [1.54, 1.807) is 7.11 Å². The fourth-order valence-corrected chi connectivity index (χ4v) is 3.15. The Hall–Kier alpha value is -2.33. The number of aliphatic imine (C=N–C) groups is 1. The maximum atomic E-state index is 5.18. The summed E-state index contributed by atoms with van der Waals surface area (Å²) >= 11 is 3.49. The molecule has 0 aliphatic heterocycles. The van der Waals surface area contributed by atoms with Gasteiger partial charge < -0.3 is 9.30 Å². The van der Waals surface area contributed by atoms with Crippen molar-refractivity contribution in [1.29, 1.82) is 0 Å². The molecule has 3 aromatic rings. The summed E-state index contributed by atoms with van der Waals surface area (Å²) in [5, 5.41) is 0. The van der Waals surface area contributed by atoms with Crippen molar-refractivity contribution in [2.45, 2.75) is 20.4 Å². The van der Waals surface area contributed by atoms with Gasteiger partial charge in [0, 0.05) is 33.3 Å². The molecule has 128 valence electrons. The lowest BCUT2D eigenvalue weighted by Gasteiger charge is -2.09. The minimum absolute atomic E-state index is 0.659. The monoisotopic (exact) mass is 396 g/mol. The van der Waals surface area contributed by atoms with Crippen LogP contribution in [-0.2, 0) is 6.54 Å². The van der Waals surface area contributed by atoms with Crippen LogP contribution in [0.1, 0.15) is 22.5 Å². The Balaban J connectivity index is 1.78. The Kier molecular flexibility index (Phi) is 5.39. The molecule has 1 heterocycles. The Morgan fingerprint density at radius 3 is 2.36 bits per heavy atom. The van der Waals surface area contributed by atoms with Gasteiger partial charge in [0.05, 0.1) is 13.7 Å². The number of aryl methyl sites for hydroxylation is 1. The van der Waals surface area contributed by atoms with Crippen LogP contribution in [0.5, 0.6) is 5.75 Å². The van der Waals surface area contributed by atoms with E-state index in [-0.39, 0.29) is 0 Å². The van der Waals surface area contributed by atoms with Gasteiger partial charge in [-0.2, -0.15) is 0 Å². The smallest absolute Gasteiger partial charge is 0.118 e. The largest absolute Gasteiger partial charge is 0.497 e. The standard InChI is InChI=1S/C21H21BrN2O/c1-15-12-18(14-23-13-17-4-10-21(25-3)11-5-17)16(2)24(15)20-8-6-19(22)7-9-20/h4-12,14H,13H2,1-3H3. The third-order valence-corrected chi connectivity index (χ3v) is 4.75. The van der Waals surface area contributed by atoms with E-state index < -0.39 is 0 Å². The molecular weight excluding hydrogens is 376 g/mol. The second kappa shape index (κ2) is 7.70. The quantitative estimate of drug-likeness (QED) is 0.524. The summed E-state index contributed by atoms with van der Waals surface area (Å²) in [6.07, 6.45) is 1.96. The number of methoxy groups -OCH3 is 1. The van der Waals surface area contributed by atoms with Gasteiger partial charge in [0.15, 0.2) is 0 Å². The maximum Gasteiger partial charge on any atom is 0.118 e. The van der Waals surface area contributed by atoms with Crippen molar-refractivity contribution in [2.75, 3.05) is 7.11 Å². The van der Waals surface area contributed by atoms with Gasteiger partial charge >= 0.3 is 0 Å². The summed E-state index contributed by atoms with van der Waals surface area (Å²) < 4.78 is 8.51. The van der Waals surface area contributed by atoms with E-state index in [0.717, 1.165) is 21.5 Å². The average molecular weight is 397 g/mol. The Morgan fingerprint density at radius 1 is 1.04 bits per heavy atom. The van der Waals surface area contributed by atoms with Gasteiger partial charge in [0.1, 0.15) is 5.75 Å². The molecular formula is C21H21BrN2O. The van der Waals surface area contributed by atoms with Gasteiger partial charge in [-0.1, -0.05) is 28.1 Å². The third kappa shape index (κ3) is 4.02. The molecule has 3 nitrogen and oxygen atoms in total. The van der Waals surface area contributed by atoms with Gasteiger partial charge in [0.2, 0.25) is 0 Å². The van der Waals surface area contributed by atoms with Gasteiger partial charge in [-0.05, 0) is 61.9 Å². The number of aromatic nitrogens is 1. The van der Waals surface area contributed by atoms with Gasteiger partial charge in [0.25, 0.3) is 0 Å². The summed E-state index contributed by atoms with van der Waals surface area (Å²) in [6, 6.07) is 18.5. The molecule has 0 amide bonds. The highest BCUT2D eigenvalue weighted by molar-refractivity contribution is 9.10. The van der Waals surface area contributed by atoms with E-state index in [1.807, 2.05) is 30.5 Å². The number of ether oxygens (including phenoxy) is 1. The van der Waals surface area contributed by atoms with E-state index in [2.05, 4.69) is 69.7 Å². The molecule has 1 aromatic heterocycles. The average Bonchev–Trinajstić information content (AvgIpc) is 2.90. The summed E-state index contributed by atoms with van der Waals surface area (Å²) in [7, 11) is 1.67. The SMILES string of the molecule is COc1ccc(CN=Cc2cc(C)n(-c3ccc(Br)cc3)c2C)cc1. The summed E-state index contributed by atoms with van der Waals surface area (Å²) in [4.78, 5) is 4.60. The van der Waals surface area contributed by atoms with Crippen molar-refractivity contribution < 1.29 is 4.74 Å². The molecule has 0 radical (unpaired) electrons. The molecule has 0 fully saturated rings. The molecule has 0 saturated heterocycles. The van der Waals surface area contributed by atoms with Crippen molar-refractivity contribution in [3.8, 4) is 11.4 Å². The van der Waals surface area contributed by atoms with Crippen LogP contribution in [0.3, 0.4) is 0 Å². The molecule has 0 N–H and O–H groups in total. The topological polar surface area (TPSA) is 26.5 Å². The van der Waals surface area contributed by atoms with Crippen LogP contribution in [0.2, 0.25) is 0 Å². The first kappa shape index (κ1) is 17.5. The fraction of sp³-hybridized carbons (Fsp3) is 0.190. The second-order valence-corrected chi connectivity index (χ2v) is 6.87. The lowest BCUT2D eigenvalue weighted by Crippen LogP contribution is -1.99. The minimum atomic E-state index is 0.659. The lowest BCUT2D eigenvalue weighted by atomic mass is 10.2. The van der Waals surface area contributed by atoms with Crippen molar-refractivity contribution >= 4 is 22.1 Å². The van der Waals surface area contributed by atoms with Crippen molar-refractivity contribution in [3.05, 3.63) is 81.6 Å². The summed E-state index contributed by atoms with van der Waals surface area (Å²) in [5.74, 6) is 0.866.